The molecule has 37 heavy (non-hydrogen) atoms. The number of amides is 2. The molecule has 204 valence electrons. The predicted molar refractivity (Wildman–Crippen MR) is 148 cm³/mol. The Bertz CT molecular complexity index is 1110. The summed E-state index contributed by atoms with van der Waals surface area (Å²) < 4.78 is 32.1. The molecule has 0 heterocycles. The third-order valence-electron chi connectivity index (χ3n) is 6.24. The largest absolute Gasteiger partial charge is 0.492 e. The van der Waals surface area contributed by atoms with Gasteiger partial charge in [-0.3, -0.25) is 13.9 Å². The highest BCUT2D eigenvalue weighted by atomic mass is 32.2. The fraction of sp³-hybridized carbons (Fsp3) is 0.500. The molecule has 0 aliphatic rings. The number of carbonyl (C=O) groups is 2. The van der Waals surface area contributed by atoms with Crippen LogP contribution in [0.1, 0.15) is 52.5 Å². The molecule has 2 unspecified atom stereocenters. The van der Waals surface area contributed by atoms with E-state index < -0.39 is 16.1 Å². The summed E-state index contributed by atoms with van der Waals surface area (Å²) in [5.74, 6) is 0.0926. The van der Waals surface area contributed by atoms with Gasteiger partial charge >= 0.3 is 0 Å². The van der Waals surface area contributed by atoms with E-state index in [-0.39, 0.29) is 30.8 Å². The van der Waals surface area contributed by atoms with Crippen LogP contribution in [0.5, 0.6) is 5.75 Å². The maximum absolute atomic E-state index is 13.4. The van der Waals surface area contributed by atoms with Crippen molar-refractivity contribution in [2.45, 2.75) is 65.5 Å². The summed E-state index contributed by atoms with van der Waals surface area (Å²) in [5.41, 5.74) is 1.52. The lowest BCUT2D eigenvalue weighted by Crippen LogP contribution is -2.50. The fourth-order valence-electron chi connectivity index (χ4n) is 3.96. The molecule has 8 nitrogen and oxygen atoms in total. The summed E-state index contributed by atoms with van der Waals surface area (Å²) >= 11 is 0. The Morgan fingerprint density at radius 2 is 1.62 bits per heavy atom. The lowest BCUT2D eigenvalue weighted by Gasteiger charge is -2.30. The average molecular weight is 532 g/mol. The second kappa shape index (κ2) is 14.6. The monoisotopic (exact) mass is 531 g/mol. The van der Waals surface area contributed by atoms with Crippen molar-refractivity contribution in [1.29, 1.82) is 0 Å². The van der Waals surface area contributed by atoms with Crippen LogP contribution < -0.4 is 14.4 Å². The fourth-order valence-corrected chi connectivity index (χ4v) is 4.93. The molecular weight excluding hydrogens is 490 g/mol. The maximum Gasteiger partial charge on any atom is 0.242 e. The number of sulfonamides is 1. The zero-order valence-electron chi connectivity index (χ0n) is 22.6. The van der Waals surface area contributed by atoms with E-state index in [1.165, 1.54) is 4.31 Å². The molecule has 2 amide bonds. The van der Waals surface area contributed by atoms with Crippen LogP contribution in [-0.4, -0.2) is 63.2 Å². The number of ether oxygens (including phenoxy) is 1. The number of carbonyl (C=O) groups excluding carboxylic acids is 2. The van der Waals surface area contributed by atoms with Gasteiger partial charge < -0.3 is 15.0 Å². The van der Waals surface area contributed by atoms with Crippen molar-refractivity contribution in [3.8, 4) is 5.75 Å². The van der Waals surface area contributed by atoms with E-state index in [0.717, 1.165) is 18.2 Å². The number of hydrogen-bond acceptors (Lipinski definition) is 5. The summed E-state index contributed by atoms with van der Waals surface area (Å²) in [7, 11) is -3.61. The minimum atomic E-state index is -3.61. The van der Waals surface area contributed by atoms with Crippen molar-refractivity contribution in [3.05, 3.63) is 60.2 Å². The van der Waals surface area contributed by atoms with Crippen LogP contribution in [0, 0.1) is 0 Å². The van der Waals surface area contributed by atoms with Crippen LogP contribution in [0.2, 0.25) is 0 Å². The summed E-state index contributed by atoms with van der Waals surface area (Å²) in [4.78, 5) is 27.8. The number of para-hydroxylation sites is 2. The zero-order chi connectivity index (χ0) is 27.4. The molecule has 1 N–H and O–H groups in total. The van der Waals surface area contributed by atoms with Crippen molar-refractivity contribution >= 4 is 27.5 Å². The van der Waals surface area contributed by atoms with Gasteiger partial charge in [-0.2, -0.15) is 0 Å². The normalized spacial score (nSPS) is 12.9. The number of hydrogen-bond donors (Lipinski definition) is 1. The van der Waals surface area contributed by atoms with Crippen molar-refractivity contribution in [2.24, 2.45) is 0 Å². The molecule has 0 radical (unpaired) electrons. The van der Waals surface area contributed by atoms with Gasteiger partial charge in [0, 0.05) is 25.6 Å². The van der Waals surface area contributed by atoms with Gasteiger partial charge in [-0.05, 0) is 57.7 Å². The van der Waals surface area contributed by atoms with Gasteiger partial charge in [-0.15, -0.1) is 0 Å². The lowest BCUT2D eigenvalue weighted by molar-refractivity contribution is -0.140. The summed E-state index contributed by atoms with van der Waals surface area (Å²) in [6, 6.07) is 16.1. The Morgan fingerprint density at radius 3 is 2.24 bits per heavy atom. The van der Waals surface area contributed by atoms with E-state index in [0.29, 0.717) is 37.4 Å². The summed E-state index contributed by atoms with van der Waals surface area (Å²) in [6.45, 7) is 8.41. The molecule has 9 heteroatoms. The second-order valence-electron chi connectivity index (χ2n) is 9.16. The van der Waals surface area contributed by atoms with Crippen molar-refractivity contribution in [3.63, 3.8) is 0 Å². The molecule has 0 spiro atoms. The van der Waals surface area contributed by atoms with Crippen LogP contribution in [0.3, 0.4) is 0 Å². The van der Waals surface area contributed by atoms with Gasteiger partial charge in [-0.1, -0.05) is 49.4 Å². The highest BCUT2D eigenvalue weighted by Crippen LogP contribution is 2.30. The van der Waals surface area contributed by atoms with Gasteiger partial charge in [0.25, 0.3) is 0 Å². The molecular formula is C28H41N3O5S. The third-order valence-corrected chi connectivity index (χ3v) is 7.42. The quantitative estimate of drug-likeness (QED) is 0.375. The van der Waals surface area contributed by atoms with E-state index in [2.05, 4.69) is 5.32 Å². The molecule has 2 aromatic carbocycles. The highest BCUT2D eigenvalue weighted by molar-refractivity contribution is 7.92. The van der Waals surface area contributed by atoms with E-state index in [4.69, 9.17) is 4.74 Å². The minimum absolute atomic E-state index is 0.00903. The van der Waals surface area contributed by atoms with Crippen LogP contribution >= 0.6 is 0 Å². The number of nitrogens with one attached hydrogen (secondary N) is 1. The Kier molecular flexibility index (Phi) is 11.9. The Labute approximate surface area is 222 Å². The van der Waals surface area contributed by atoms with Gasteiger partial charge in [-0.25, -0.2) is 8.42 Å². The first-order valence-electron chi connectivity index (χ1n) is 12.9. The van der Waals surface area contributed by atoms with E-state index >= 15 is 0 Å². The van der Waals surface area contributed by atoms with Crippen LogP contribution in [-0.2, 0) is 26.0 Å². The van der Waals surface area contributed by atoms with Crippen LogP contribution in [0.4, 0.5) is 5.69 Å². The first-order chi connectivity index (χ1) is 17.6. The van der Waals surface area contributed by atoms with E-state index in [1.807, 2.05) is 51.1 Å². The van der Waals surface area contributed by atoms with E-state index in [1.54, 1.807) is 36.1 Å². The maximum atomic E-state index is 13.4. The smallest absolute Gasteiger partial charge is 0.242 e. The summed E-state index contributed by atoms with van der Waals surface area (Å²) in [5, 5.41) is 2.96. The molecule has 0 aliphatic carbocycles. The number of anilines is 1. The number of nitrogens with zero attached hydrogens (tertiary/aromatic N) is 2. The van der Waals surface area contributed by atoms with Gasteiger partial charge in [0.2, 0.25) is 21.8 Å². The molecule has 2 atom stereocenters. The zero-order valence-corrected chi connectivity index (χ0v) is 23.5. The molecule has 2 rings (SSSR count). The minimum Gasteiger partial charge on any atom is -0.492 e. The Balaban J connectivity index is 2.15. The Morgan fingerprint density at radius 1 is 0.973 bits per heavy atom. The molecule has 0 aromatic heterocycles. The number of benzene rings is 2. The molecule has 0 fully saturated rings. The third kappa shape index (κ3) is 9.39. The second-order valence-corrected chi connectivity index (χ2v) is 11.1. The molecule has 0 bridgehead atoms. The first kappa shape index (κ1) is 30.2. The topological polar surface area (TPSA) is 96.0 Å². The standard InChI is InChI=1S/C28H41N3O5S/c1-6-22(3)29-28(33)23(4)30(21-19-24-14-9-8-10-15-24)27(32)18-13-20-31(37(5,34)35)25-16-11-12-17-26(25)36-7-2/h8-12,14-17,22-23H,6-7,13,18-21H2,1-5H3,(H,29,33). The van der Waals surface area contributed by atoms with Gasteiger partial charge in [0.15, 0.2) is 0 Å². The summed E-state index contributed by atoms with van der Waals surface area (Å²) in [6.07, 6.45) is 2.96. The first-order valence-corrected chi connectivity index (χ1v) is 14.8. The van der Waals surface area contributed by atoms with Crippen molar-refractivity contribution in [1.82, 2.24) is 10.2 Å². The SMILES string of the molecule is CCOc1ccccc1N(CCCC(=O)N(CCc1ccccc1)C(C)C(=O)NC(C)CC)S(C)(=O)=O. The average Bonchev–Trinajstić information content (AvgIpc) is 2.87. The van der Waals surface area contributed by atoms with Crippen molar-refractivity contribution in [2.75, 3.05) is 30.3 Å². The molecule has 0 aliphatic heterocycles. The Hall–Kier alpha value is -3.07. The highest BCUT2D eigenvalue weighted by Gasteiger charge is 2.27. The molecule has 0 saturated heterocycles. The predicted octanol–water partition coefficient (Wildman–Crippen LogP) is 4.01. The molecule has 0 saturated carbocycles. The van der Waals surface area contributed by atoms with Crippen LogP contribution in [0.25, 0.3) is 0 Å². The lowest BCUT2D eigenvalue weighted by atomic mass is 10.1. The van der Waals surface area contributed by atoms with Crippen molar-refractivity contribution < 1.29 is 22.7 Å². The van der Waals surface area contributed by atoms with Crippen LogP contribution in [0.15, 0.2) is 54.6 Å². The number of rotatable bonds is 15. The van der Waals surface area contributed by atoms with Gasteiger partial charge in [0.1, 0.15) is 11.8 Å². The van der Waals surface area contributed by atoms with E-state index in [9.17, 15) is 18.0 Å². The van der Waals surface area contributed by atoms with Gasteiger partial charge in [0.05, 0.1) is 18.6 Å². The molecule has 2 aromatic rings.